The molecule has 0 aromatic heterocycles. The molecule has 0 radical (unpaired) electrons. The molecule has 2 rings (SSSR count). The Kier molecular flexibility index (Phi) is 5.39. The van der Waals surface area contributed by atoms with Crippen molar-refractivity contribution in [2.75, 3.05) is 13.7 Å². The van der Waals surface area contributed by atoms with Crippen LogP contribution >= 0.6 is 0 Å². The molecule has 2 atom stereocenters. The molecule has 1 N–H and O–H groups in total. The molecule has 1 saturated heterocycles. The number of halogens is 1. The Morgan fingerprint density at radius 1 is 1.28 bits per heavy atom. The van der Waals surface area contributed by atoms with Crippen LogP contribution in [0.15, 0.2) is 18.2 Å². The third kappa shape index (κ3) is 4.74. The lowest BCUT2D eigenvalue weighted by Crippen LogP contribution is -2.43. The number of likely N-dealkylation sites (tertiary alicyclic amines) is 1. The van der Waals surface area contributed by atoms with Gasteiger partial charge in [-0.3, -0.25) is 4.90 Å². The van der Waals surface area contributed by atoms with Gasteiger partial charge in [-0.15, -0.1) is 0 Å². The summed E-state index contributed by atoms with van der Waals surface area (Å²) in [6.07, 6.45) is -1.19. The van der Waals surface area contributed by atoms with Gasteiger partial charge in [0.2, 0.25) is 0 Å². The third-order valence-electron chi connectivity index (χ3n) is 3.60. The molecule has 25 heavy (non-hydrogen) atoms. The first-order chi connectivity index (χ1) is 11.6. The van der Waals surface area contributed by atoms with E-state index < -0.39 is 35.6 Å². The van der Waals surface area contributed by atoms with Crippen LogP contribution in [0.3, 0.4) is 0 Å². The summed E-state index contributed by atoms with van der Waals surface area (Å²) in [4.78, 5) is 24.9. The van der Waals surface area contributed by atoms with E-state index in [1.807, 2.05) is 0 Å². The number of carboxylic acid groups (broad SMARTS) is 1. The predicted octanol–water partition coefficient (Wildman–Crippen LogP) is 2.68. The van der Waals surface area contributed by atoms with Gasteiger partial charge in [0, 0.05) is 12.5 Å². The van der Waals surface area contributed by atoms with E-state index in [2.05, 4.69) is 0 Å². The maximum Gasteiger partial charge on any atom is 0.411 e. The number of rotatable bonds is 4. The summed E-state index contributed by atoms with van der Waals surface area (Å²) >= 11 is 0. The lowest BCUT2D eigenvalue weighted by Gasteiger charge is -2.26. The zero-order valence-corrected chi connectivity index (χ0v) is 14.6. The average molecular weight is 355 g/mol. The molecule has 1 amide bonds. The Morgan fingerprint density at radius 2 is 1.96 bits per heavy atom. The number of nitrogens with zero attached hydrogens (tertiary/aromatic N) is 1. The van der Waals surface area contributed by atoms with E-state index in [9.17, 15) is 19.1 Å². The van der Waals surface area contributed by atoms with Gasteiger partial charge >= 0.3 is 12.1 Å². The van der Waals surface area contributed by atoms with Crippen molar-refractivity contribution in [3.8, 4) is 11.5 Å². The Morgan fingerprint density at radius 3 is 2.52 bits per heavy atom. The molecule has 0 saturated carbocycles. The molecule has 138 valence electrons. The first-order valence-electron chi connectivity index (χ1n) is 7.83. The largest absolute Gasteiger partial charge is 0.493 e. The number of amides is 1. The van der Waals surface area contributed by atoms with Crippen LogP contribution < -0.4 is 9.47 Å². The van der Waals surface area contributed by atoms with Gasteiger partial charge in [-0.05, 0) is 32.9 Å². The SMILES string of the molecule is COc1cc(F)ccc1O[C@H]1C[C@@H](C(=O)O)N(C(=O)OC(C)(C)C)C1. The van der Waals surface area contributed by atoms with E-state index in [4.69, 9.17) is 14.2 Å². The van der Waals surface area contributed by atoms with Gasteiger partial charge in [-0.25, -0.2) is 14.0 Å². The number of carbonyl (C=O) groups is 2. The Balaban J connectivity index is 2.14. The molecule has 0 aliphatic carbocycles. The number of hydrogen-bond acceptors (Lipinski definition) is 5. The van der Waals surface area contributed by atoms with Gasteiger partial charge in [0.1, 0.15) is 23.6 Å². The second-order valence-electron chi connectivity index (χ2n) is 6.76. The molecule has 0 unspecified atom stereocenters. The van der Waals surface area contributed by atoms with Crippen molar-refractivity contribution in [1.82, 2.24) is 4.90 Å². The summed E-state index contributed by atoms with van der Waals surface area (Å²) in [5.74, 6) is -1.14. The maximum absolute atomic E-state index is 13.3. The first-order valence-corrected chi connectivity index (χ1v) is 7.83. The van der Waals surface area contributed by atoms with Crippen molar-refractivity contribution in [2.24, 2.45) is 0 Å². The van der Waals surface area contributed by atoms with E-state index in [1.54, 1.807) is 20.8 Å². The second kappa shape index (κ2) is 7.16. The minimum Gasteiger partial charge on any atom is -0.493 e. The normalized spacial score (nSPS) is 20.3. The van der Waals surface area contributed by atoms with Gasteiger partial charge < -0.3 is 19.3 Å². The summed E-state index contributed by atoms with van der Waals surface area (Å²) in [5.41, 5.74) is -0.737. The highest BCUT2D eigenvalue weighted by Gasteiger charge is 2.42. The van der Waals surface area contributed by atoms with E-state index in [0.29, 0.717) is 0 Å². The van der Waals surface area contributed by atoms with Crippen LogP contribution in [-0.4, -0.2) is 53.5 Å². The number of hydrogen-bond donors (Lipinski definition) is 1. The van der Waals surface area contributed by atoms with Gasteiger partial charge in [-0.2, -0.15) is 0 Å². The van der Waals surface area contributed by atoms with Crippen molar-refractivity contribution in [3.63, 3.8) is 0 Å². The molecule has 1 heterocycles. The van der Waals surface area contributed by atoms with Crippen molar-refractivity contribution < 1.29 is 33.3 Å². The highest BCUT2D eigenvalue weighted by Crippen LogP contribution is 2.31. The lowest BCUT2D eigenvalue weighted by molar-refractivity contribution is -0.142. The van der Waals surface area contributed by atoms with E-state index in [0.717, 1.165) is 4.90 Å². The monoisotopic (exact) mass is 355 g/mol. The molecule has 7 nitrogen and oxygen atoms in total. The van der Waals surface area contributed by atoms with Crippen LogP contribution in [0.1, 0.15) is 27.2 Å². The van der Waals surface area contributed by atoms with Crippen LogP contribution in [0.5, 0.6) is 11.5 Å². The molecule has 0 spiro atoms. The summed E-state index contributed by atoms with van der Waals surface area (Å²) in [7, 11) is 1.38. The molecule has 1 aromatic carbocycles. The summed E-state index contributed by atoms with van der Waals surface area (Å²) in [6, 6.07) is 2.74. The van der Waals surface area contributed by atoms with E-state index >= 15 is 0 Å². The molecule has 0 bridgehead atoms. The van der Waals surface area contributed by atoms with Crippen molar-refractivity contribution >= 4 is 12.1 Å². The number of methoxy groups -OCH3 is 1. The van der Waals surface area contributed by atoms with Crippen LogP contribution in [0.2, 0.25) is 0 Å². The molecular weight excluding hydrogens is 333 g/mol. The number of aliphatic carboxylic acids is 1. The van der Waals surface area contributed by atoms with Gasteiger partial charge in [0.05, 0.1) is 13.7 Å². The molecule has 8 heteroatoms. The Hall–Kier alpha value is -2.51. The minimum absolute atomic E-state index is 0.0480. The highest BCUT2D eigenvalue weighted by molar-refractivity contribution is 5.81. The van der Waals surface area contributed by atoms with Crippen molar-refractivity contribution in [3.05, 3.63) is 24.0 Å². The molecule has 1 fully saturated rings. The van der Waals surface area contributed by atoms with E-state index in [1.165, 1.54) is 25.3 Å². The summed E-state index contributed by atoms with van der Waals surface area (Å²) < 4.78 is 29.3. The highest BCUT2D eigenvalue weighted by atomic mass is 19.1. The van der Waals surface area contributed by atoms with Crippen molar-refractivity contribution in [1.29, 1.82) is 0 Å². The van der Waals surface area contributed by atoms with Gasteiger partial charge in [0.15, 0.2) is 11.5 Å². The topological polar surface area (TPSA) is 85.3 Å². The summed E-state index contributed by atoms with van der Waals surface area (Å²) in [6.45, 7) is 5.16. The predicted molar refractivity (Wildman–Crippen MR) is 86.3 cm³/mol. The summed E-state index contributed by atoms with van der Waals surface area (Å²) in [5, 5.41) is 9.37. The zero-order valence-electron chi connectivity index (χ0n) is 14.6. The number of carbonyl (C=O) groups excluding carboxylic acids is 1. The van der Waals surface area contributed by atoms with E-state index in [-0.39, 0.29) is 24.5 Å². The quantitative estimate of drug-likeness (QED) is 0.894. The van der Waals surface area contributed by atoms with Crippen molar-refractivity contribution in [2.45, 2.75) is 44.9 Å². The number of benzene rings is 1. The maximum atomic E-state index is 13.3. The van der Waals surface area contributed by atoms with Crippen LogP contribution in [0.25, 0.3) is 0 Å². The third-order valence-corrected chi connectivity index (χ3v) is 3.60. The lowest BCUT2D eigenvalue weighted by atomic mass is 10.2. The van der Waals surface area contributed by atoms with Crippen LogP contribution in [0.4, 0.5) is 9.18 Å². The fourth-order valence-corrected chi connectivity index (χ4v) is 2.56. The molecule has 1 aromatic rings. The van der Waals surface area contributed by atoms with Crippen LogP contribution in [-0.2, 0) is 9.53 Å². The molecule has 1 aliphatic rings. The molecule has 1 aliphatic heterocycles. The van der Waals surface area contributed by atoms with Gasteiger partial charge in [0.25, 0.3) is 0 Å². The zero-order chi connectivity index (χ0) is 18.8. The fraction of sp³-hybridized carbons (Fsp3) is 0.529. The molecular formula is C17H22FNO6. The smallest absolute Gasteiger partial charge is 0.411 e. The fourth-order valence-electron chi connectivity index (χ4n) is 2.56. The Bertz CT molecular complexity index is 657. The minimum atomic E-state index is -1.14. The van der Waals surface area contributed by atoms with Crippen LogP contribution in [0, 0.1) is 5.82 Å². The number of ether oxygens (including phenoxy) is 3. The average Bonchev–Trinajstić information content (AvgIpc) is 2.91. The Labute approximate surface area is 145 Å². The first kappa shape index (κ1) is 18.8. The standard InChI is InChI=1S/C17H22FNO6/c1-17(2,3)25-16(22)19-9-11(8-12(19)15(20)21)24-13-6-5-10(18)7-14(13)23-4/h5-7,11-12H,8-9H2,1-4H3,(H,20,21)/t11-,12-/m0/s1. The second-order valence-corrected chi connectivity index (χ2v) is 6.76. The van der Waals surface area contributed by atoms with Gasteiger partial charge in [-0.1, -0.05) is 0 Å². The number of carboxylic acids is 1.